The number of rotatable bonds is 2. The van der Waals surface area contributed by atoms with Crippen molar-refractivity contribution < 1.29 is 0 Å². The van der Waals surface area contributed by atoms with Crippen LogP contribution in [-0.4, -0.2) is 35.6 Å². The maximum absolute atomic E-state index is 6.02. The molecule has 1 aromatic rings. The summed E-state index contributed by atoms with van der Waals surface area (Å²) in [5, 5.41) is 3.66. The summed E-state index contributed by atoms with van der Waals surface area (Å²) in [4.78, 5) is 11.5. The second-order valence-corrected chi connectivity index (χ2v) is 7.21. The van der Waals surface area contributed by atoms with Crippen molar-refractivity contribution in [2.45, 2.75) is 56.9 Å². The zero-order chi connectivity index (χ0) is 14.9. The predicted octanol–water partition coefficient (Wildman–Crippen LogP) is 2.29. The summed E-state index contributed by atoms with van der Waals surface area (Å²) in [6, 6.07) is 2.84. The second-order valence-electron chi connectivity index (χ2n) is 7.21. The number of nitrogen functional groups attached to an aromatic ring is 1. The van der Waals surface area contributed by atoms with Gasteiger partial charge in [-0.05, 0) is 38.1 Å². The lowest BCUT2D eigenvalue weighted by atomic mass is 9.87. The fourth-order valence-electron chi connectivity index (χ4n) is 4.47. The molecule has 1 saturated carbocycles. The summed E-state index contributed by atoms with van der Waals surface area (Å²) in [5.41, 5.74) is 7.19. The number of aromatic nitrogens is 2. The summed E-state index contributed by atoms with van der Waals surface area (Å²) < 4.78 is 0. The monoisotopic (exact) mass is 301 g/mol. The number of hydrogen-bond acceptors (Lipinski definition) is 5. The lowest BCUT2D eigenvalue weighted by molar-refractivity contribution is 0.340. The molecule has 5 nitrogen and oxygen atoms in total. The van der Waals surface area contributed by atoms with Gasteiger partial charge in [-0.3, -0.25) is 0 Å². The third-order valence-corrected chi connectivity index (χ3v) is 5.70. The molecule has 0 bridgehead atoms. The van der Waals surface area contributed by atoms with Crippen molar-refractivity contribution >= 4 is 11.8 Å². The van der Waals surface area contributed by atoms with E-state index < -0.39 is 0 Å². The van der Waals surface area contributed by atoms with E-state index in [4.69, 9.17) is 5.73 Å². The minimum atomic E-state index is 0.445. The van der Waals surface area contributed by atoms with E-state index in [0.717, 1.165) is 31.4 Å². The van der Waals surface area contributed by atoms with Crippen molar-refractivity contribution in [3.05, 3.63) is 11.8 Å². The Bertz CT molecular complexity index is 512. The van der Waals surface area contributed by atoms with Crippen LogP contribution in [0.5, 0.6) is 0 Å². The van der Waals surface area contributed by atoms with E-state index in [0.29, 0.717) is 17.9 Å². The van der Waals surface area contributed by atoms with Crippen LogP contribution < -0.4 is 16.0 Å². The van der Waals surface area contributed by atoms with E-state index in [1.54, 1.807) is 0 Å². The molecule has 2 aliphatic heterocycles. The molecule has 0 amide bonds. The normalized spacial score (nSPS) is 29.5. The predicted molar refractivity (Wildman–Crippen MR) is 89.0 cm³/mol. The largest absolute Gasteiger partial charge is 0.368 e. The molecule has 2 atom stereocenters. The van der Waals surface area contributed by atoms with Crippen LogP contribution in [0.3, 0.4) is 0 Å². The molecule has 3 N–H and O–H groups in total. The molecule has 22 heavy (non-hydrogen) atoms. The molecule has 0 aromatic carbocycles. The first-order chi connectivity index (χ1) is 10.8. The summed E-state index contributed by atoms with van der Waals surface area (Å²) in [5.74, 6) is 2.84. The quantitative estimate of drug-likeness (QED) is 0.877. The Morgan fingerprint density at radius 2 is 1.91 bits per heavy atom. The average Bonchev–Trinajstić information content (AvgIpc) is 2.99. The Labute approximate surface area is 132 Å². The maximum atomic E-state index is 6.02. The van der Waals surface area contributed by atoms with Gasteiger partial charge in [0.15, 0.2) is 0 Å². The molecule has 3 heterocycles. The van der Waals surface area contributed by atoms with Gasteiger partial charge in [-0.15, -0.1) is 0 Å². The molecule has 1 aliphatic carbocycles. The minimum absolute atomic E-state index is 0.445. The smallest absolute Gasteiger partial charge is 0.222 e. The molecule has 0 spiro atoms. The van der Waals surface area contributed by atoms with E-state index in [1.807, 2.05) is 0 Å². The second kappa shape index (κ2) is 6.03. The van der Waals surface area contributed by atoms with E-state index >= 15 is 0 Å². The van der Waals surface area contributed by atoms with Gasteiger partial charge >= 0.3 is 0 Å². The Hall–Kier alpha value is -1.36. The first kappa shape index (κ1) is 14.2. The third-order valence-electron chi connectivity index (χ3n) is 5.70. The molecule has 0 radical (unpaired) electrons. The van der Waals surface area contributed by atoms with Gasteiger partial charge in [-0.1, -0.05) is 19.3 Å². The SMILES string of the molecule is Nc1nc(C2CCCCC2)cc(N2C[C@H]3CCCN[C@H]3C2)n1. The van der Waals surface area contributed by atoms with Crippen LogP contribution in [0.25, 0.3) is 0 Å². The summed E-state index contributed by atoms with van der Waals surface area (Å²) in [6.07, 6.45) is 9.15. The van der Waals surface area contributed by atoms with Gasteiger partial charge < -0.3 is 16.0 Å². The van der Waals surface area contributed by atoms with E-state index in [1.165, 1.54) is 50.6 Å². The van der Waals surface area contributed by atoms with E-state index in [-0.39, 0.29) is 0 Å². The highest BCUT2D eigenvalue weighted by Gasteiger charge is 2.35. The van der Waals surface area contributed by atoms with Gasteiger partial charge in [-0.25, -0.2) is 4.98 Å². The molecule has 3 aliphatic rings. The average molecular weight is 301 g/mol. The minimum Gasteiger partial charge on any atom is -0.368 e. The molecule has 1 aromatic heterocycles. The molecule has 4 rings (SSSR count). The topological polar surface area (TPSA) is 67.1 Å². The van der Waals surface area contributed by atoms with E-state index in [9.17, 15) is 0 Å². The Balaban J connectivity index is 1.55. The molecular weight excluding hydrogens is 274 g/mol. The van der Waals surface area contributed by atoms with Crippen LogP contribution in [0.4, 0.5) is 11.8 Å². The van der Waals surface area contributed by atoms with Crippen LogP contribution in [-0.2, 0) is 0 Å². The number of nitrogens with two attached hydrogens (primary N) is 1. The zero-order valence-corrected chi connectivity index (χ0v) is 13.3. The van der Waals surface area contributed by atoms with Crippen molar-refractivity contribution in [3.63, 3.8) is 0 Å². The highest BCUT2D eigenvalue weighted by Crippen LogP contribution is 2.34. The fraction of sp³-hybridized carbons (Fsp3) is 0.765. The summed E-state index contributed by atoms with van der Waals surface area (Å²) >= 11 is 0. The van der Waals surface area contributed by atoms with Crippen LogP contribution in [0, 0.1) is 5.92 Å². The third kappa shape index (κ3) is 2.78. The fourth-order valence-corrected chi connectivity index (χ4v) is 4.47. The molecule has 0 unspecified atom stereocenters. The number of hydrogen-bond donors (Lipinski definition) is 2. The zero-order valence-electron chi connectivity index (χ0n) is 13.3. The molecule has 3 fully saturated rings. The Morgan fingerprint density at radius 1 is 1.05 bits per heavy atom. The lowest BCUT2D eigenvalue weighted by Crippen LogP contribution is -2.40. The first-order valence-electron chi connectivity index (χ1n) is 8.92. The molecule has 5 heteroatoms. The van der Waals surface area contributed by atoms with Crippen molar-refractivity contribution in [2.75, 3.05) is 30.3 Å². The summed E-state index contributed by atoms with van der Waals surface area (Å²) in [7, 11) is 0. The highest BCUT2D eigenvalue weighted by molar-refractivity contribution is 5.46. The molecule has 2 saturated heterocycles. The van der Waals surface area contributed by atoms with Gasteiger partial charge in [0.25, 0.3) is 0 Å². The molecule has 120 valence electrons. The van der Waals surface area contributed by atoms with Gasteiger partial charge in [0.05, 0.1) is 5.69 Å². The van der Waals surface area contributed by atoms with Gasteiger partial charge in [0.1, 0.15) is 5.82 Å². The van der Waals surface area contributed by atoms with Crippen molar-refractivity contribution in [1.29, 1.82) is 0 Å². The van der Waals surface area contributed by atoms with Crippen LogP contribution in [0.15, 0.2) is 6.07 Å². The molecular formula is C17H27N5. The highest BCUT2D eigenvalue weighted by atomic mass is 15.3. The summed E-state index contributed by atoms with van der Waals surface area (Å²) in [6.45, 7) is 3.33. The van der Waals surface area contributed by atoms with Crippen molar-refractivity contribution in [1.82, 2.24) is 15.3 Å². The van der Waals surface area contributed by atoms with Crippen LogP contribution >= 0.6 is 0 Å². The van der Waals surface area contributed by atoms with Crippen LogP contribution in [0.1, 0.15) is 56.6 Å². The Kier molecular flexibility index (Phi) is 3.90. The van der Waals surface area contributed by atoms with Gasteiger partial charge in [-0.2, -0.15) is 4.98 Å². The van der Waals surface area contributed by atoms with E-state index in [2.05, 4.69) is 26.3 Å². The maximum Gasteiger partial charge on any atom is 0.222 e. The first-order valence-corrected chi connectivity index (χ1v) is 8.92. The van der Waals surface area contributed by atoms with Crippen molar-refractivity contribution in [2.24, 2.45) is 5.92 Å². The van der Waals surface area contributed by atoms with Gasteiger partial charge in [0, 0.05) is 31.1 Å². The number of fused-ring (bicyclic) bond motifs is 1. The number of anilines is 2. The standard InChI is InChI=1S/C17H27N5/c18-17-20-14(12-5-2-1-3-6-12)9-16(21-17)22-10-13-7-4-8-19-15(13)11-22/h9,12-13,15,19H,1-8,10-11H2,(H2,18,20,21)/t13-,15+/m1/s1. The van der Waals surface area contributed by atoms with Gasteiger partial charge in [0.2, 0.25) is 5.95 Å². The Morgan fingerprint density at radius 3 is 2.73 bits per heavy atom. The number of piperidine rings is 1. The van der Waals surface area contributed by atoms with Crippen LogP contribution in [0.2, 0.25) is 0 Å². The number of nitrogens with one attached hydrogen (secondary N) is 1. The lowest BCUT2D eigenvalue weighted by Gasteiger charge is -2.24. The number of nitrogens with zero attached hydrogens (tertiary/aromatic N) is 3. The van der Waals surface area contributed by atoms with Crippen molar-refractivity contribution in [3.8, 4) is 0 Å².